The zero-order valence-corrected chi connectivity index (χ0v) is 12.6. The quantitative estimate of drug-likeness (QED) is 0.654. The van der Waals surface area contributed by atoms with Gasteiger partial charge in [-0.15, -0.1) is 0 Å². The molecule has 1 aromatic rings. The molecule has 0 aromatic heterocycles. The zero-order valence-electron chi connectivity index (χ0n) is 11.6. The summed E-state index contributed by atoms with van der Waals surface area (Å²) in [5, 5.41) is 0. The Morgan fingerprint density at radius 2 is 1.59 bits per heavy atom. The van der Waals surface area contributed by atoms with E-state index in [2.05, 4.69) is 50.3 Å². The fourth-order valence-electron chi connectivity index (χ4n) is 3.31. The second-order valence-electron chi connectivity index (χ2n) is 6.61. The maximum absolute atomic E-state index is 2.60. The van der Waals surface area contributed by atoms with Gasteiger partial charge in [-0.1, -0.05) is 81.6 Å². The van der Waals surface area contributed by atoms with Crippen molar-refractivity contribution < 1.29 is 0 Å². The first-order chi connectivity index (χ1) is 8.08. The van der Waals surface area contributed by atoms with E-state index in [1.165, 1.54) is 31.7 Å². The van der Waals surface area contributed by atoms with E-state index >= 15 is 0 Å². The SMILES string of the molecule is CC1CCC([Si](C)(C)Cc2ccccc2)CC1. The van der Waals surface area contributed by atoms with Crippen molar-refractivity contribution in [2.45, 2.75) is 57.3 Å². The molecule has 0 radical (unpaired) electrons. The summed E-state index contributed by atoms with van der Waals surface area (Å²) in [7, 11) is -1.07. The molecule has 0 N–H and O–H groups in total. The van der Waals surface area contributed by atoms with Crippen molar-refractivity contribution in [1.29, 1.82) is 0 Å². The maximum Gasteiger partial charge on any atom is 0.0548 e. The van der Waals surface area contributed by atoms with Crippen LogP contribution in [0.2, 0.25) is 18.6 Å². The van der Waals surface area contributed by atoms with Gasteiger partial charge in [0.2, 0.25) is 0 Å². The normalized spacial score (nSPS) is 25.8. The molecule has 0 aliphatic heterocycles. The summed E-state index contributed by atoms with van der Waals surface area (Å²) in [5.74, 6) is 0.979. The molecule has 1 heteroatoms. The van der Waals surface area contributed by atoms with Crippen LogP contribution >= 0.6 is 0 Å². The molecule has 17 heavy (non-hydrogen) atoms. The summed E-state index contributed by atoms with van der Waals surface area (Å²) >= 11 is 0. The summed E-state index contributed by atoms with van der Waals surface area (Å²) in [6.45, 7) is 7.61. The van der Waals surface area contributed by atoms with Gasteiger partial charge in [0.25, 0.3) is 0 Å². The Morgan fingerprint density at radius 3 is 2.18 bits per heavy atom. The van der Waals surface area contributed by atoms with Crippen LogP contribution in [0.3, 0.4) is 0 Å². The lowest BCUT2D eigenvalue weighted by Gasteiger charge is -2.37. The third-order valence-electron chi connectivity index (χ3n) is 4.62. The topological polar surface area (TPSA) is 0 Å². The Kier molecular flexibility index (Phi) is 4.08. The average Bonchev–Trinajstić information content (AvgIpc) is 2.30. The first-order valence-electron chi connectivity index (χ1n) is 7.12. The van der Waals surface area contributed by atoms with Crippen LogP contribution in [-0.2, 0) is 6.04 Å². The predicted octanol–water partition coefficient (Wildman–Crippen LogP) is 5.06. The molecular weight excluding hydrogens is 220 g/mol. The van der Waals surface area contributed by atoms with E-state index in [0.29, 0.717) is 0 Å². The minimum atomic E-state index is -1.07. The second-order valence-corrected chi connectivity index (χ2v) is 11.8. The van der Waals surface area contributed by atoms with Gasteiger partial charge in [0.15, 0.2) is 0 Å². The molecule has 1 fully saturated rings. The molecule has 1 aliphatic carbocycles. The van der Waals surface area contributed by atoms with Gasteiger partial charge >= 0.3 is 0 Å². The number of hydrogen-bond acceptors (Lipinski definition) is 0. The van der Waals surface area contributed by atoms with Gasteiger partial charge in [0.05, 0.1) is 8.07 Å². The fourth-order valence-corrected chi connectivity index (χ4v) is 6.78. The van der Waals surface area contributed by atoms with E-state index in [9.17, 15) is 0 Å². The molecule has 0 amide bonds. The Hall–Kier alpha value is -0.563. The molecule has 94 valence electrons. The van der Waals surface area contributed by atoms with E-state index in [1.807, 2.05) is 0 Å². The minimum absolute atomic E-state index is 0.979. The van der Waals surface area contributed by atoms with Crippen molar-refractivity contribution in [3.05, 3.63) is 35.9 Å². The molecule has 0 saturated heterocycles. The highest BCUT2D eigenvalue weighted by Crippen LogP contribution is 2.40. The van der Waals surface area contributed by atoms with Crippen LogP contribution < -0.4 is 0 Å². The first-order valence-corrected chi connectivity index (χ1v) is 10.4. The molecule has 1 aromatic carbocycles. The van der Waals surface area contributed by atoms with Gasteiger partial charge in [-0.25, -0.2) is 0 Å². The van der Waals surface area contributed by atoms with Gasteiger partial charge < -0.3 is 0 Å². The van der Waals surface area contributed by atoms with E-state index in [1.54, 1.807) is 5.56 Å². The van der Waals surface area contributed by atoms with E-state index < -0.39 is 8.07 Å². The molecule has 0 bridgehead atoms. The Bertz CT molecular complexity index is 334. The molecule has 0 heterocycles. The Morgan fingerprint density at radius 1 is 1.00 bits per heavy atom. The highest BCUT2D eigenvalue weighted by molar-refractivity contribution is 6.78. The van der Waals surface area contributed by atoms with E-state index in [-0.39, 0.29) is 0 Å². The third-order valence-corrected chi connectivity index (χ3v) is 8.73. The van der Waals surface area contributed by atoms with Crippen molar-refractivity contribution in [3.63, 3.8) is 0 Å². The van der Waals surface area contributed by atoms with Gasteiger partial charge in [-0.2, -0.15) is 0 Å². The molecule has 0 atom stereocenters. The summed E-state index contributed by atoms with van der Waals surface area (Å²) < 4.78 is 0. The first kappa shape index (κ1) is 12.9. The summed E-state index contributed by atoms with van der Waals surface area (Å²) in [6.07, 6.45) is 5.92. The smallest absolute Gasteiger partial charge is 0.0548 e. The highest BCUT2D eigenvalue weighted by atomic mass is 28.3. The van der Waals surface area contributed by atoms with Crippen LogP contribution in [0.4, 0.5) is 0 Å². The summed E-state index contributed by atoms with van der Waals surface area (Å²) in [6, 6.07) is 12.5. The molecule has 0 nitrogen and oxygen atoms in total. The zero-order chi connectivity index (χ0) is 12.3. The van der Waals surface area contributed by atoms with Crippen LogP contribution in [0.5, 0.6) is 0 Å². The lowest BCUT2D eigenvalue weighted by atomic mass is 9.90. The van der Waals surface area contributed by atoms with Crippen molar-refractivity contribution in [2.75, 3.05) is 0 Å². The lowest BCUT2D eigenvalue weighted by molar-refractivity contribution is 0.378. The van der Waals surface area contributed by atoms with Crippen LogP contribution in [0, 0.1) is 5.92 Å². The maximum atomic E-state index is 2.60. The number of rotatable bonds is 3. The Labute approximate surface area is 107 Å². The molecule has 0 unspecified atom stereocenters. The lowest BCUT2D eigenvalue weighted by Crippen LogP contribution is -2.37. The van der Waals surface area contributed by atoms with Crippen molar-refractivity contribution >= 4 is 8.07 Å². The minimum Gasteiger partial charge on any atom is -0.0689 e. The Balaban J connectivity index is 1.98. The van der Waals surface area contributed by atoms with Gasteiger partial charge in [-0.05, 0) is 17.5 Å². The third kappa shape index (κ3) is 3.45. The number of benzene rings is 1. The monoisotopic (exact) mass is 246 g/mol. The average molecular weight is 246 g/mol. The largest absolute Gasteiger partial charge is 0.0689 e. The van der Waals surface area contributed by atoms with Crippen molar-refractivity contribution in [3.8, 4) is 0 Å². The molecular formula is C16H26Si. The predicted molar refractivity (Wildman–Crippen MR) is 79.0 cm³/mol. The van der Waals surface area contributed by atoms with Crippen molar-refractivity contribution in [2.24, 2.45) is 5.92 Å². The van der Waals surface area contributed by atoms with Gasteiger partial charge in [-0.3, -0.25) is 0 Å². The van der Waals surface area contributed by atoms with Gasteiger partial charge in [0, 0.05) is 0 Å². The standard InChI is InChI=1S/C16H26Si/c1-14-9-11-16(12-10-14)17(2,3)13-15-7-5-4-6-8-15/h4-8,14,16H,9-13H2,1-3H3. The molecule has 2 rings (SSSR count). The van der Waals surface area contributed by atoms with E-state index in [0.717, 1.165) is 11.5 Å². The fraction of sp³-hybridized carbons (Fsp3) is 0.625. The van der Waals surface area contributed by atoms with Crippen molar-refractivity contribution in [1.82, 2.24) is 0 Å². The molecule has 0 spiro atoms. The van der Waals surface area contributed by atoms with Crippen LogP contribution in [0.15, 0.2) is 30.3 Å². The van der Waals surface area contributed by atoms with Crippen LogP contribution in [0.25, 0.3) is 0 Å². The second kappa shape index (κ2) is 5.39. The van der Waals surface area contributed by atoms with Crippen LogP contribution in [0.1, 0.15) is 38.2 Å². The van der Waals surface area contributed by atoms with E-state index in [4.69, 9.17) is 0 Å². The molecule has 1 aliphatic rings. The summed E-state index contributed by atoms with van der Waals surface area (Å²) in [5.41, 5.74) is 2.61. The number of hydrogen-bond donors (Lipinski definition) is 0. The molecule has 1 saturated carbocycles. The van der Waals surface area contributed by atoms with Gasteiger partial charge in [0.1, 0.15) is 0 Å². The summed E-state index contributed by atoms with van der Waals surface area (Å²) in [4.78, 5) is 0. The van der Waals surface area contributed by atoms with Crippen LogP contribution in [-0.4, -0.2) is 8.07 Å². The highest BCUT2D eigenvalue weighted by Gasteiger charge is 2.33.